The third-order valence-corrected chi connectivity index (χ3v) is 6.41. The summed E-state index contributed by atoms with van der Waals surface area (Å²) in [6, 6.07) is 16.9. The van der Waals surface area contributed by atoms with Gasteiger partial charge in [-0.25, -0.2) is 8.42 Å². The lowest BCUT2D eigenvalue weighted by molar-refractivity contribution is -0.385. The first-order chi connectivity index (χ1) is 15.6. The van der Waals surface area contributed by atoms with E-state index >= 15 is 0 Å². The summed E-state index contributed by atoms with van der Waals surface area (Å²) in [4.78, 5) is 37.3. The van der Waals surface area contributed by atoms with E-state index in [1.54, 1.807) is 29.2 Å². The molecule has 0 saturated carbocycles. The van der Waals surface area contributed by atoms with Gasteiger partial charge in [0.1, 0.15) is 0 Å². The maximum Gasteiger partial charge on any atom is 0.271 e. The summed E-state index contributed by atoms with van der Waals surface area (Å²) in [5.41, 5.74) is 2.12. The Morgan fingerprint density at radius 2 is 1.70 bits per heavy atom. The highest BCUT2D eigenvalue weighted by molar-refractivity contribution is 7.90. The molecule has 0 fully saturated rings. The average Bonchev–Trinajstić information content (AvgIpc) is 3.22. The molecule has 0 saturated heterocycles. The van der Waals surface area contributed by atoms with E-state index in [0.717, 1.165) is 42.1 Å². The topological polar surface area (TPSA) is 127 Å². The van der Waals surface area contributed by atoms with Gasteiger partial charge in [0.05, 0.1) is 9.82 Å². The van der Waals surface area contributed by atoms with E-state index in [1.165, 1.54) is 0 Å². The lowest BCUT2D eigenvalue weighted by atomic mass is 10.1. The molecule has 0 spiro atoms. The molecule has 3 aromatic carbocycles. The minimum Gasteiger partial charge on any atom is -0.322 e. The number of benzene rings is 3. The molecule has 0 atom stereocenters. The quantitative estimate of drug-likeness (QED) is 0.454. The number of nitrogens with zero attached hydrogens (tertiary/aromatic N) is 2. The molecule has 1 N–H and O–H groups in total. The van der Waals surface area contributed by atoms with Gasteiger partial charge >= 0.3 is 0 Å². The molecule has 33 heavy (non-hydrogen) atoms. The van der Waals surface area contributed by atoms with Crippen LogP contribution in [0, 0.1) is 10.1 Å². The van der Waals surface area contributed by atoms with Crippen LogP contribution in [0.2, 0.25) is 0 Å². The predicted molar refractivity (Wildman–Crippen MR) is 122 cm³/mol. The number of rotatable bonds is 5. The van der Waals surface area contributed by atoms with Crippen molar-refractivity contribution in [1.29, 1.82) is 0 Å². The molecule has 4 rings (SSSR count). The normalized spacial score (nSPS) is 12.8. The van der Waals surface area contributed by atoms with Crippen LogP contribution >= 0.6 is 0 Å². The Hall–Kier alpha value is -4.05. The van der Waals surface area contributed by atoms with Crippen LogP contribution in [0.3, 0.4) is 0 Å². The number of fused-ring (bicyclic) bond motifs is 1. The Bertz CT molecular complexity index is 1380. The van der Waals surface area contributed by atoms with E-state index < -0.39 is 26.4 Å². The van der Waals surface area contributed by atoms with Gasteiger partial charge in [0, 0.05) is 47.4 Å². The van der Waals surface area contributed by atoms with Gasteiger partial charge in [-0.1, -0.05) is 18.2 Å². The number of anilines is 2. The summed E-state index contributed by atoms with van der Waals surface area (Å²) >= 11 is 0. The molecule has 3 aromatic rings. The molecule has 9 nitrogen and oxygen atoms in total. The summed E-state index contributed by atoms with van der Waals surface area (Å²) in [5.74, 6) is -0.870. The van der Waals surface area contributed by atoms with Crippen LogP contribution in [0.25, 0.3) is 0 Å². The molecule has 0 aliphatic carbocycles. The predicted octanol–water partition coefficient (Wildman–Crippen LogP) is 3.45. The number of para-hydroxylation sites is 1. The van der Waals surface area contributed by atoms with E-state index in [-0.39, 0.29) is 16.4 Å². The molecule has 10 heteroatoms. The number of non-ortho nitro benzene ring substituents is 1. The Morgan fingerprint density at radius 3 is 2.36 bits per heavy atom. The average molecular weight is 465 g/mol. The van der Waals surface area contributed by atoms with Gasteiger partial charge in [-0.2, -0.15) is 0 Å². The standard InChI is InChI=1S/C23H19N3O6S/c1-33(31,32)20-13-17(12-19(14-20)26(29)30)22(27)24-18-8-6-16(7-9-18)23(28)25-11-10-15-4-2-3-5-21(15)25/h2-9,12-14H,10-11H2,1H3,(H,24,27). The van der Waals surface area contributed by atoms with Crippen LogP contribution in [0.1, 0.15) is 26.3 Å². The molecule has 1 aliphatic rings. The summed E-state index contributed by atoms with van der Waals surface area (Å²) in [7, 11) is -3.76. The summed E-state index contributed by atoms with van der Waals surface area (Å²) in [5, 5.41) is 13.7. The van der Waals surface area contributed by atoms with Crippen molar-refractivity contribution in [3.8, 4) is 0 Å². The molecular formula is C23H19N3O6S. The van der Waals surface area contributed by atoms with Crippen LogP contribution in [0.15, 0.2) is 71.6 Å². The van der Waals surface area contributed by atoms with Crippen molar-refractivity contribution in [2.24, 2.45) is 0 Å². The molecular weight excluding hydrogens is 446 g/mol. The highest BCUT2D eigenvalue weighted by Gasteiger charge is 2.25. The van der Waals surface area contributed by atoms with Gasteiger partial charge in [-0.3, -0.25) is 19.7 Å². The first-order valence-corrected chi connectivity index (χ1v) is 11.8. The second-order valence-corrected chi connectivity index (χ2v) is 9.63. The number of carbonyl (C=O) groups excluding carboxylic acids is 2. The summed E-state index contributed by atoms with van der Waals surface area (Å²) < 4.78 is 23.7. The number of nitrogens with one attached hydrogen (secondary N) is 1. The monoisotopic (exact) mass is 465 g/mol. The second kappa shape index (κ2) is 8.47. The van der Waals surface area contributed by atoms with E-state index in [0.29, 0.717) is 17.8 Å². The van der Waals surface area contributed by atoms with E-state index in [9.17, 15) is 28.1 Å². The van der Waals surface area contributed by atoms with Crippen molar-refractivity contribution in [3.63, 3.8) is 0 Å². The van der Waals surface area contributed by atoms with Crippen molar-refractivity contribution < 1.29 is 22.9 Å². The largest absolute Gasteiger partial charge is 0.322 e. The first-order valence-electron chi connectivity index (χ1n) is 9.94. The van der Waals surface area contributed by atoms with Gasteiger partial charge in [0.2, 0.25) is 0 Å². The van der Waals surface area contributed by atoms with Crippen molar-refractivity contribution >= 4 is 38.7 Å². The molecule has 2 amide bonds. The Morgan fingerprint density at radius 1 is 1.00 bits per heavy atom. The second-order valence-electron chi connectivity index (χ2n) is 7.61. The highest BCUT2D eigenvalue weighted by atomic mass is 32.2. The van der Waals surface area contributed by atoms with Crippen molar-refractivity contribution in [1.82, 2.24) is 0 Å². The molecule has 0 bridgehead atoms. The zero-order valence-electron chi connectivity index (χ0n) is 17.5. The van der Waals surface area contributed by atoms with Crippen LogP contribution in [-0.2, 0) is 16.3 Å². The van der Waals surface area contributed by atoms with Crippen LogP contribution in [0.5, 0.6) is 0 Å². The van der Waals surface area contributed by atoms with Crippen LogP contribution < -0.4 is 10.2 Å². The minimum absolute atomic E-state index is 0.158. The zero-order chi connectivity index (χ0) is 23.8. The minimum atomic E-state index is -3.76. The van der Waals surface area contributed by atoms with Gasteiger partial charge in [-0.05, 0) is 48.4 Å². The molecule has 168 valence electrons. The number of hydrogen-bond donors (Lipinski definition) is 1. The van der Waals surface area contributed by atoms with Crippen molar-refractivity contribution in [2.45, 2.75) is 11.3 Å². The molecule has 1 aliphatic heterocycles. The van der Waals surface area contributed by atoms with Gasteiger partial charge in [-0.15, -0.1) is 0 Å². The number of sulfone groups is 1. The lowest BCUT2D eigenvalue weighted by Crippen LogP contribution is -2.28. The molecule has 1 heterocycles. The number of hydrogen-bond acceptors (Lipinski definition) is 6. The Balaban J connectivity index is 1.53. The smallest absolute Gasteiger partial charge is 0.271 e. The number of nitro benzene ring substituents is 1. The van der Waals surface area contributed by atoms with Crippen LogP contribution in [0.4, 0.5) is 17.1 Å². The van der Waals surface area contributed by atoms with E-state index in [1.807, 2.05) is 24.3 Å². The summed E-state index contributed by atoms with van der Waals surface area (Å²) in [6.45, 7) is 0.589. The van der Waals surface area contributed by atoms with Gasteiger partial charge in [0.25, 0.3) is 17.5 Å². The third-order valence-electron chi connectivity index (χ3n) is 5.31. The fourth-order valence-electron chi connectivity index (χ4n) is 3.64. The Kier molecular flexibility index (Phi) is 5.69. The van der Waals surface area contributed by atoms with Gasteiger partial charge < -0.3 is 10.2 Å². The maximum atomic E-state index is 12.9. The first kappa shape index (κ1) is 22.2. The third kappa shape index (κ3) is 4.60. The Labute approximate surface area is 189 Å². The van der Waals surface area contributed by atoms with Crippen LogP contribution in [-0.4, -0.2) is 38.0 Å². The fourth-order valence-corrected chi connectivity index (χ4v) is 4.31. The molecule has 0 aromatic heterocycles. The highest BCUT2D eigenvalue weighted by Crippen LogP contribution is 2.29. The van der Waals surface area contributed by atoms with E-state index in [4.69, 9.17) is 0 Å². The molecule has 0 unspecified atom stereocenters. The van der Waals surface area contributed by atoms with Gasteiger partial charge in [0.15, 0.2) is 9.84 Å². The SMILES string of the molecule is CS(=O)(=O)c1cc(C(=O)Nc2ccc(C(=O)N3CCc4ccccc43)cc2)cc([N+](=O)[O-])c1. The number of nitro groups is 1. The number of carbonyl (C=O) groups is 2. The summed E-state index contributed by atoms with van der Waals surface area (Å²) in [6.07, 6.45) is 1.69. The number of amides is 2. The van der Waals surface area contributed by atoms with Crippen molar-refractivity contribution in [3.05, 3.63) is 93.5 Å². The molecule has 0 radical (unpaired) electrons. The van der Waals surface area contributed by atoms with Crippen molar-refractivity contribution in [2.75, 3.05) is 23.0 Å². The maximum absolute atomic E-state index is 12.9. The fraction of sp³-hybridized carbons (Fsp3) is 0.130. The zero-order valence-corrected chi connectivity index (χ0v) is 18.3. The lowest BCUT2D eigenvalue weighted by Gasteiger charge is -2.17. The van der Waals surface area contributed by atoms with E-state index in [2.05, 4.69) is 5.32 Å².